The molecule has 1 aliphatic heterocycles. The van der Waals surface area contributed by atoms with Crippen LogP contribution < -0.4 is 68.5 Å². The molecule has 0 amide bonds. The van der Waals surface area contributed by atoms with Crippen LogP contribution in [0.3, 0.4) is 0 Å². The second-order valence-electron chi connectivity index (χ2n) is 8.80. The van der Waals surface area contributed by atoms with Gasteiger partial charge in [-0.2, -0.15) is 0 Å². The van der Waals surface area contributed by atoms with Gasteiger partial charge in [0.2, 0.25) is 0 Å². The number of phosphoric acid groups is 1. The van der Waals surface area contributed by atoms with E-state index in [9.17, 15) is 9.46 Å². The van der Waals surface area contributed by atoms with Gasteiger partial charge < -0.3 is 15.7 Å². The molecule has 5 rings (SSSR count). The van der Waals surface area contributed by atoms with Crippen LogP contribution in [0.4, 0.5) is 0 Å². The zero-order chi connectivity index (χ0) is 19.6. The van der Waals surface area contributed by atoms with Crippen LogP contribution in [0, 0.1) is 11.8 Å². The van der Waals surface area contributed by atoms with Gasteiger partial charge in [0, 0.05) is 5.92 Å². The maximum atomic E-state index is 11.2. The van der Waals surface area contributed by atoms with E-state index in [4.69, 9.17) is 19.2 Å². The number of hydrogen-bond acceptors (Lipinski definition) is 5. The Bertz CT molecular complexity index is 892. The van der Waals surface area contributed by atoms with Gasteiger partial charge >= 0.3 is 66.9 Å². The molecule has 1 saturated carbocycles. The quantitative estimate of drug-likeness (QED) is 0.254. The zero-order valence-corrected chi connectivity index (χ0v) is 23.0. The largest absolute Gasteiger partial charge is 1.00 e. The fourth-order valence-electron chi connectivity index (χ4n) is 6.28. The van der Waals surface area contributed by atoms with E-state index in [0.29, 0.717) is 11.8 Å². The van der Waals surface area contributed by atoms with Crippen LogP contribution in [0.15, 0.2) is 35.4 Å². The SMILES string of the molecule is CC1(c2cccc(OP(=O)([O-])O)c2)OOC12C1CCCC2C2=C(CCCC2)C1.[H-].[Na+].[Na+]. The summed E-state index contributed by atoms with van der Waals surface area (Å²) in [6.07, 6.45) is 9.41. The third kappa shape index (κ3) is 3.99. The summed E-state index contributed by atoms with van der Waals surface area (Å²) in [7, 11) is -4.86. The first-order valence-electron chi connectivity index (χ1n) is 10.2. The Kier molecular flexibility index (Phi) is 7.83. The predicted octanol–water partition coefficient (Wildman–Crippen LogP) is -1.75. The van der Waals surface area contributed by atoms with Crippen molar-refractivity contribution in [1.82, 2.24) is 0 Å². The van der Waals surface area contributed by atoms with Gasteiger partial charge in [0.05, 0.1) is 0 Å². The van der Waals surface area contributed by atoms with Gasteiger partial charge in [-0.15, -0.1) is 0 Å². The third-order valence-corrected chi connectivity index (χ3v) is 7.85. The molecule has 1 aromatic carbocycles. The van der Waals surface area contributed by atoms with Gasteiger partial charge in [-0.05, 0) is 75.5 Å². The number of rotatable bonds is 3. The molecule has 1 aromatic rings. The molecule has 3 aliphatic carbocycles. The van der Waals surface area contributed by atoms with Crippen molar-refractivity contribution < 1.29 is 89.2 Å². The summed E-state index contributed by atoms with van der Waals surface area (Å²) in [6.45, 7) is 2.05. The summed E-state index contributed by atoms with van der Waals surface area (Å²) < 4.78 is 15.9. The standard InChI is InChI=1S/C21H27O6P.2Na.H/c1-20(15-7-4-9-17(13-15)25-28(22,23)24)21(27-26-20)16-8-5-11-19(21)18-10-3-2-6-14(18)12-16;;;/h4,7,9,13,16,19H,2-3,5-6,8,10-12H2,1H3,(H2,22,23,24);;;/q;2*+1;-1/p-1. The number of phosphoric ester groups is 1. The molecule has 1 saturated heterocycles. The van der Waals surface area contributed by atoms with Gasteiger partial charge in [0.25, 0.3) is 0 Å². The molecule has 5 unspecified atom stereocenters. The van der Waals surface area contributed by atoms with Gasteiger partial charge in [0.15, 0.2) is 5.60 Å². The molecule has 2 fully saturated rings. The molecule has 9 heteroatoms. The van der Waals surface area contributed by atoms with E-state index in [-0.39, 0.29) is 66.3 Å². The second-order valence-corrected chi connectivity index (χ2v) is 9.92. The minimum atomic E-state index is -4.86. The fourth-order valence-corrected chi connectivity index (χ4v) is 6.66. The Hall–Kier alpha value is 0.830. The summed E-state index contributed by atoms with van der Waals surface area (Å²) in [5.74, 6) is 0.834. The summed E-state index contributed by atoms with van der Waals surface area (Å²) in [4.78, 5) is 32.1. The second kappa shape index (κ2) is 9.23. The third-order valence-electron chi connectivity index (χ3n) is 7.41. The molecule has 1 heterocycles. The van der Waals surface area contributed by atoms with Gasteiger partial charge in [-0.3, -0.25) is 4.57 Å². The predicted molar refractivity (Wildman–Crippen MR) is 101 cm³/mol. The van der Waals surface area contributed by atoms with Crippen molar-refractivity contribution in [3.8, 4) is 5.75 Å². The number of benzene rings is 1. The van der Waals surface area contributed by atoms with Gasteiger partial charge in [0.1, 0.15) is 11.4 Å². The summed E-state index contributed by atoms with van der Waals surface area (Å²) in [5.41, 5.74) is 2.96. The molecule has 6 nitrogen and oxygen atoms in total. The number of fused-ring (bicyclic) bond motifs is 1. The van der Waals surface area contributed by atoms with E-state index in [0.717, 1.165) is 31.2 Å². The Labute approximate surface area is 223 Å². The van der Waals surface area contributed by atoms with E-state index in [2.05, 4.69) is 0 Å². The van der Waals surface area contributed by atoms with E-state index in [1.807, 2.05) is 13.0 Å². The smallest absolute Gasteiger partial charge is 1.00 e. The van der Waals surface area contributed by atoms with Crippen LogP contribution >= 0.6 is 7.82 Å². The van der Waals surface area contributed by atoms with Crippen LogP contribution in [-0.2, 0) is 19.9 Å². The average Bonchev–Trinajstić information content (AvgIpc) is 2.65. The van der Waals surface area contributed by atoms with E-state index >= 15 is 0 Å². The minimum absolute atomic E-state index is 0. The van der Waals surface area contributed by atoms with Crippen LogP contribution in [0.2, 0.25) is 0 Å². The Morgan fingerprint density at radius 3 is 2.67 bits per heavy atom. The van der Waals surface area contributed by atoms with Crippen molar-refractivity contribution in [2.45, 2.75) is 69.5 Å². The molecule has 0 aromatic heterocycles. The van der Waals surface area contributed by atoms with Crippen molar-refractivity contribution in [3.05, 3.63) is 41.0 Å². The Morgan fingerprint density at radius 1 is 1.20 bits per heavy atom. The topological polar surface area (TPSA) is 88.1 Å². The minimum Gasteiger partial charge on any atom is -1.00 e. The van der Waals surface area contributed by atoms with Gasteiger partial charge in [-0.1, -0.05) is 29.7 Å². The van der Waals surface area contributed by atoms with Crippen LogP contribution in [0.25, 0.3) is 0 Å². The monoisotopic (exact) mass is 452 g/mol. The van der Waals surface area contributed by atoms with Crippen LogP contribution in [-0.4, -0.2) is 10.5 Å². The first-order valence-corrected chi connectivity index (χ1v) is 11.7. The van der Waals surface area contributed by atoms with Crippen molar-refractivity contribution in [2.24, 2.45) is 11.8 Å². The molecule has 4 aliphatic rings. The van der Waals surface area contributed by atoms with Crippen molar-refractivity contribution in [1.29, 1.82) is 0 Å². The molecule has 1 spiro atoms. The Balaban J connectivity index is 0.00000114. The van der Waals surface area contributed by atoms with Crippen LogP contribution in [0.1, 0.15) is 65.3 Å². The summed E-state index contributed by atoms with van der Waals surface area (Å²) in [6, 6.07) is 6.81. The Morgan fingerprint density at radius 2 is 1.97 bits per heavy atom. The molecule has 0 radical (unpaired) electrons. The van der Waals surface area contributed by atoms with Crippen molar-refractivity contribution in [3.63, 3.8) is 0 Å². The maximum Gasteiger partial charge on any atom is 1.00 e. The van der Waals surface area contributed by atoms with Crippen LogP contribution in [0.5, 0.6) is 5.75 Å². The molecule has 154 valence electrons. The molecule has 30 heavy (non-hydrogen) atoms. The maximum absolute atomic E-state index is 11.2. The molecule has 5 atom stereocenters. The van der Waals surface area contributed by atoms with E-state index < -0.39 is 19.0 Å². The number of allylic oxidation sites excluding steroid dienone is 1. The summed E-state index contributed by atoms with van der Waals surface area (Å²) in [5, 5.41) is 0. The fraction of sp³-hybridized carbons (Fsp3) is 0.619. The number of hydrogen-bond donors (Lipinski definition) is 1. The first kappa shape index (κ1) is 25.5. The van der Waals surface area contributed by atoms with E-state index in [1.165, 1.54) is 31.7 Å². The molecule has 2 bridgehead atoms. The normalized spacial score (nSPS) is 36.5. The van der Waals surface area contributed by atoms with Crippen molar-refractivity contribution >= 4 is 7.82 Å². The molecular formula is C21H27Na2O6P. The average molecular weight is 452 g/mol. The zero-order valence-electron chi connectivity index (χ0n) is 19.1. The molecule has 1 N–H and O–H groups in total. The van der Waals surface area contributed by atoms with E-state index in [1.54, 1.807) is 23.3 Å². The van der Waals surface area contributed by atoms with Gasteiger partial charge in [-0.25, -0.2) is 9.78 Å². The van der Waals surface area contributed by atoms with Crippen molar-refractivity contribution in [2.75, 3.05) is 0 Å². The molecular weight excluding hydrogens is 425 g/mol. The first-order chi connectivity index (χ1) is 13.3. The summed E-state index contributed by atoms with van der Waals surface area (Å²) >= 11 is 0.